The van der Waals surface area contributed by atoms with Crippen LogP contribution in [0.2, 0.25) is 10.2 Å². The number of amides is 1. The number of carbonyl (C=O) groups is 1. The van der Waals surface area contributed by atoms with Gasteiger partial charge >= 0.3 is 0 Å². The van der Waals surface area contributed by atoms with E-state index in [9.17, 15) is 4.79 Å². The zero-order valence-corrected chi connectivity index (χ0v) is 12.0. The second kappa shape index (κ2) is 6.37. The van der Waals surface area contributed by atoms with E-state index in [-0.39, 0.29) is 16.8 Å². The average molecular weight is 301 g/mol. The van der Waals surface area contributed by atoms with Crippen LogP contribution in [0.3, 0.4) is 0 Å². The third kappa shape index (κ3) is 3.47. The van der Waals surface area contributed by atoms with Crippen LogP contribution in [0.1, 0.15) is 16.9 Å². The SMILES string of the molecule is COCC1=CCN(C(=O)c2nc(Cl)ccc2Cl)CC1. The molecule has 0 unspecified atom stereocenters. The Balaban J connectivity index is 2.11. The van der Waals surface area contributed by atoms with E-state index in [1.54, 1.807) is 24.1 Å². The van der Waals surface area contributed by atoms with Crippen LogP contribution in [0.5, 0.6) is 0 Å². The minimum Gasteiger partial charge on any atom is -0.380 e. The van der Waals surface area contributed by atoms with Crippen molar-refractivity contribution in [3.63, 3.8) is 0 Å². The highest BCUT2D eigenvalue weighted by molar-refractivity contribution is 6.34. The zero-order chi connectivity index (χ0) is 13.8. The number of aromatic nitrogens is 1. The van der Waals surface area contributed by atoms with Crippen molar-refractivity contribution >= 4 is 29.1 Å². The van der Waals surface area contributed by atoms with Gasteiger partial charge in [0.2, 0.25) is 0 Å². The van der Waals surface area contributed by atoms with Crippen molar-refractivity contribution in [3.05, 3.63) is 39.7 Å². The van der Waals surface area contributed by atoms with E-state index in [0.29, 0.717) is 24.7 Å². The molecule has 0 fully saturated rings. The molecular weight excluding hydrogens is 287 g/mol. The molecule has 1 aromatic rings. The highest BCUT2D eigenvalue weighted by Crippen LogP contribution is 2.20. The second-order valence-electron chi connectivity index (χ2n) is 4.26. The lowest BCUT2D eigenvalue weighted by Crippen LogP contribution is -2.36. The first kappa shape index (κ1) is 14.3. The minimum atomic E-state index is -0.194. The van der Waals surface area contributed by atoms with Gasteiger partial charge in [0.25, 0.3) is 5.91 Å². The molecule has 0 N–H and O–H groups in total. The molecule has 0 radical (unpaired) electrons. The number of methoxy groups -OCH3 is 1. The van der Waals surface area contributed by atoms with Crippen molar-refractivity contribution in [2.75, 3.05) is 26.8 Å². The van der Waals surface area contributed by atoms with Gasteiger partial charge in [0, 0.05) is 20.2 Å². The Morgan fingerprint density at radius 3 is 2.89 bits per heavy atom. The van der Waals surface area contributed by atoms with Gasteiger partial charge in [-0.05, 0) is 24.1 Å². The molecule has 4 nitrogen and oxygen atoms in total. The monoisotopic (exact) mass is 300 g/mol. The van der Waals surface area contributed by atoms with Gasteiger partial charge in [0.05, 0.1) is 11.6 Å². The quantitative estimate of drug-likeness (QED) is 0.637. The van der Waals surface area contributed by atoms with Gasteiger partial charge in [-0.15, -0.1) is 0 Å². The molecular formula is C13H14Cl2N2O2. The highest BCUT2D eigenvalue weighted by atomic mass is 35.5. The van der Waals surface area contributed by atoms with Crippen molar-refractivity contribution in [1.29, 1.82) is 0 Å². The fraction of sp³-hybridized carbons (Fsp3) is 0.385. The molecule has 102 valence electrons. The van der Waals surface area contributed by atoms with Crippen LogP contribution in [-0.2, 0) is 4.74 Å². The van der Waals surface area contributed by atoms with Crippen molar-refractivity contribution < 1.29 is 9.53 Å². The maximum absolute atomic E-state index is 12.3. The maximum Gasteiger partial charge on any atom is 0.274 e. The lowest BCUT2D eigenvalue weighted by atomic mass is 10.1. The fourth-order valence-electron chi connectivity index (χ4n) is 1.93. The summed E-state index contributed by atoms with van der Waals surface area (Å²) in [6, 6.07) is 3.15. The summed E-state index contributed by atoms with van der Waals surface area (Å²) in [6.45, 7) is 1.79. The number of rotatable bonds is 3. The molecule has 1 aliphatic heterocycles. The smallest absolute Gasteiger partial charge is 0.274 e. The molecule has 19 heavy (non-hydrogen) atoms. The minimum absolute atomic E-state index is 0.194. The Morgan fingerprint density at radius 2 is 2.26 bits per heavy atom. The van der Waals surface area contributed by atoms with Gasteiger partial charge in [-0.3, -0.25) is 4.79 Å². The van der Waals surface area contributed by atoms with Crippen LogP contribution in [0.25, 0.3) is 0 Å². The third-order valence-electron chi connectivity index (χ3n) is 2.93. The van der Waals surface area contributed by atoms with Crippen molar-refractivity contribution in [2.45, 2.75) is 6.42 Å². The molecule has 0 aliphatic carbocycles. The van der Waals surface area contributed by atoms with Crippen LogP contribution < -0.4 is 0 Å². The molecule has 0 spiro atoms. The molecule has 0 atom stereocenters. The standard InChI is InChI=1S/C13H14Cl2N2O2/c1-19-8-9-4-6-17(7-5-9)13(18)12-10(14)2-3-11(15)16-12/h2-4H,5-8H2,1H3. The lowest BCUT2D eigenvalue weighted by Gasteiger charge is -2.26. The largest absolute Gasteiger partial charge is 0.380 e. The van der Waals surface area contributed by atoms with Crippen LogP contribution >= 0.6 is 23.2 Å². The van der Waals surface area contributed by atoms with Gasteiger partial charge < -0.3 is 9.64 Å². The van der Waals surface area contributed by atoms with E-state index in [1.807, 2.05) is 6.08 Å². The van der Waals surface area contributed by atoms with Gasteiger partial charge in [0.15, 0.2) is 0 Å². The first-order chi connectivity index (χ1) is 9.11. The van der Waals surface area contributed by atoms with Crippen molar-refractivity contribution in [1.82, 2.24) is 9.88 Å². The Morgan fingerprint density at radius 1 is 1.47 bits per heavy atom. The fourth-order valence-corrected chi connectivity index (χ4v) is 2.26. The van der Waals surface area contributed by atoms with Gasteiger partial charge in [-0.2, -0.15) is 0 Å². The van der Waals surface area contributed by atoms with Crippen LogP contribution in [0.4, 0.5) is 0 Å². The predicted molar refractivity (Wildman–Crippen MR) is 74.7 cm³/mol. The van der Waals surface area contributed by atoms with E-state index >= 15 is 0 Å². The zero-order valence-electron chi connectivity index (χ0n) is 10.5. The topological polar surface area (TPSA) is 42.4 Å². The number of hydrogen-bond acceptors (Lipinski definition) is 3. The molecule has 1 amide bonds. The Bertz CT molecular complexity index is 517. The molecule has 1 aromatic heterocycles. The molecule has 1 aliphatic rings. The number of pyridine rings is 1. The first-order valence-corrected chi connectivity index (χ1v) is 6.65. The molecule has 0 saturated heterocycles. The Hall–Kier alpha value is -1.10. The highest BCUT2D eigenvalue weighted by Gasteiger charge is 2.22. The van der Waals surface area contributed by atoms with Crippen LogP contribution in [-0.4, -0.2) is 42.6 Å². The summed E-state index contributed by atoms with van der Waals surface area (Å²) in [5.74, 6) is -0.194. The molecule has 0 aromatic carbocycles. The summed E-state index contributed by atoms with van der Waals surface area (Å²) < 4.78 is 5.07. The molecule has 0 saturated carbocycles. The van der Waals surface area contributed by atoms with E-state index in [2.05, 4.69) is 4.98 Å². The van der Waals surface area contributed by atoms with E-state index in [0.717, 1.165) is 6.42 Å². The van der Waals surface area contributed by atoms with Crippen molar-refractivity contribution in [3.8, 4) is 0 Å². The molecule has 2 heterocycles. The van der Waals surface area contributed by atoms with Gasteiger partial charge in [-0.25, -0.2) is 4.98 Å². The lowest BCUT2D eigenvalue weighted by molar-refractivity contribution is 0.0759. The summed E-state index contributed by atoms with van der Waals surface area (Å²) in [6.07, 6.45) is 2.81. The van der Waals surface area contributed by atoms with Crippen LogP contribution in [0, 0.1) is 0 Å². The number of halogens is 2. The number of ether oxygens (including phenoxy) is 1. The molecule has 2 rings (SSSR count). The molecule has 6 heteroatoms. The van der Waals surface area contributed by atoms with Gasteiger partial charge in [0.1, 0.15) is 10.8 Å². The summed E-state index contributed by atoms with van der Waals surface area (Å²) in [7, 11) is 1.66. The van der Waals surface area contributed by atoms with E-state index in [1.165, 1.54) is 5.57 Å². The maximum atomic E-state index is 12.3. The molecule has 0 bridgehead atoms. The predicted octanol–water partition coefficient (Wildman–Crippen LogP) is 2.81. The van der Waals surface area contributed by atoms with E-state index < -0.39 is 0 Å². The van der Waals surface area contributed by atoms with Crippen LogP contribution in [0.15, 0.2) is 23.8 Å². The van der Waals surface area contributed by atoms with Crippen molar-refractivity contribution in [2.24, 2.45) is 0 Å². The van der Waals surface area contributed by atoms with E-state index in [4.69, 9.17) is 27.9 Å². The Kier molecular flexibility index (Phi) is 4.80. The summed E-state index contributed by atoms with van der Waals surface area (Å²) in [4.78, 5) is 18.0. The normalized spacial score (nSPS) is 15.3. The summed E-state index contributed by atoms with van der Waals surface area (Å²) in [5.41, 5.74) is 1.41. The summed E-state index contributed by atoms with van der Waals surface area (Å²) in [5, 5.41) is 0.585. The summed E-state index contributed by atoms with van der Waals surface area (Å²) >= 11 is 11.8. The number of nitrogens with zero attached hydrogens (tertiary/aromatic N) is 2. The number of carbonyl (C=O) groups excluding carboxylic acids is 1. The first-order valence-electron chi connectivity index (χ1n) is 5.90. The number of hydrogen-bond donors (Lipinski definition) is 0. The van der Waals surface area contributed by atoms with Gasteiger partial charge in [-0.1, -0.05) is 29.3 Å². The third-order valence-corrected chi connectivity index (χ3v) is 3.45. The average Bonchev–Trinajstić information content (AvgIpc) is 2.42. The Labute approximate surface area is 122 Å². The second-order valence-corrected chi connectivity index (χ2v) is 5.06.